The van der Waals surface area contributed by atoms with Crippen molar-refractivity contribution < 1.29 is 28.9 Å². The Morgan fingerprint density at radius 3 is 2.19 bits per heavy atom. The summed E-state index contributed by atoms with van der Waals surface area (Å²) in [7, 11) is 0. The first-order valence-corrected chi connectivity index (χ1v) is 10.1. The van der Waals surface area contributed by atoms with Crippen LogP contribution in [0.3, 0.4) is 0 Å². The van der Waals surface area contributed by atoms with Crippen molar-refractivity contribution in [2.45, 2.75) is 31.0 Å². The van der Waals surface area contributed by atoms with E-state index in [9.17, 15) is 28.9 Å². The van der Waals surface area contributed by atoms with Crippen LogP contribution < -0.4 is 10.2 Å². The number of carbonyl (C=O) groups excluding carboxylic acids is 1. The number of anilines is 1. The Balaban J connectivity index is 1.63. The molecule has 3 aromatic carbocycles. The molecule has 1 saturated heterocycles. The van der Waals surface area contributed by atoms with Crippen molar-refractivity contribution in [3.05, 3.63) is 89.5 Å². The van der Waals surface area contributed by atoms with E-state index < -0.39 is 35.9 Å². The van der Waals surface area contributed by atoms with E-state index in [1.54, 1.807) is 0 Å². The number of halogens is 2. The predicted octanol–water partition coefficient (Wildman–Crippen LogP) is 4.53. The normalized spacial score (nSPS) is 19.1. The average Bonchev–Trinajstić information content (AvgIpc) is 3.09. The number of rotatable bonds is 6. The smallest absolute Gasteiger partial charge is 0.322 e. The minimum absolute atomic E-state index is 0.125. The van der Waals surface area contributed by atoms with E-state index in [1.165, 1.54) is 71.6 Å². The molecule has 32 heavy (non-hydrogen) atoms. The second-order valence-electron chi connectivity index (χ2n) is 7.74. The van der Waals surface area contributed by atoms with Gasteiger partial charge in [-0.2, -0.15) is 0 Å². The predicted molar refractivity (Wildman–Crippen MR) is 114 cm³/mol. The highest BCUT2D eigenvalue weighted by Gasteiger charge is 2.42. The van der Waals surface area contributed by atoms with Crippen molar-refractivity contribution in [2.75, 3.05) is 4.90 Å². The van der Waals surface area contributed by atoms with Crippen molar-refractivity contribution in [2.24, 2.45) is 0 Å². The van der Waals surface area contributed by atoms with Gasteiger partial charge in [0.05, 0.1) is 18.2 Å². The molecule has 8 heteroatoms. The Morgan fingerprint density at radius 2 is 1.56 bits per heavy atom. The number of nitrogens with zero attached hydrogens (tertiary/aromatic N) is 1. The van der Waals surface area contributed by atoms with Crippen molar-refractivity contribution in [3.8, 4) is 11.5 Å². The van der Waals surface area contributed by atoms with Crippen LogP contribution in [-0.2, 0) is 0 Å². The average molecular weight is 440 g/mol. The van der Waals surface area contributed by atoms with Crippen molar-refractivity contribution in [1.82, 2.24) is 5.32 Å². The summed E-state index contributed by atoms with van der Waals surface area (Å²) in [4.78, 5) is 14.3. The van der Waals surface area contributed by atoms with Gasteiger partial charge in [-0.25, -0.2) is 13.6 Å². The Hall–Kier alpha value is -3.65. The first-order chi connectivity index (χ1) is 15.3. The highest BCUT2D eigenvalue weighted by Crippen LogP contribution is 2.41. The Kier molecular flexibility index (Phi) is 5.96. The molecule has 3 aromatic rings. The van der Waals surface area contributed by atoms with E-state index >= 15 is 0 Å². The third-order valence-electron chi connectivity index (χ3n) is 5.63. The minimum atomic E-state index is -0.874. The van der Waals surface area contributed by atoms with Crippen LogP contribution in [0, 0.1) is 11.6 Å². The summed E-state index contributed by atoms with van der Waals surface area (Å²) in [6, 6.07) is 13.5. The Morgan fingerprint density at radius 1 is 0.938 bits per heavy atom. The van der Waals surface area contributed by atoms with E-state index in [-0.39, 0.29) is 17.9 Å². The fraction of sp³-hybridized carbons (Fsp3) is 0.208. The molecule has 2 amide bonds. The second-order valence-corrected chi connectivity index (χ2v) is 7.74. The molecule has 1 heterocycles. The fourth-order valence-corrected chi connectivity index (χ4v) is 4.05. The van der Waals surface area contributed by atoms with Gasteiger partial charge in [-0.15, -0.1) is 0 Å². The van der Waals surface area contributed by atoms with Gasteiger partial charge >= 0.3 is 6.03 Å². The molecule has 166 valence electrons. The third-order valence-corrected chi connectivity index (χ3v) is 5.63. The SMILES string of the molecule is O=C1N[C@H](CCC(O)c2ccc(F)cc2)[C@@H](c2ccc(O)cc2O)N1c1ccc(F)cc1. The molecule has 6 nitrogen and oxygen atoms in total. The molecule has 1 aliphatic rings. The molecule has 1 aliphatic heterocycles. The molecule has 0 spiro atoms. The lowest BCUT2D eigenvalue weighted by Crippen LogP contribution is -2.29. The molecule has 1 unspecified atom stereocenters. The molecule has 0 aliphatic carbocycles. The zero-order chi connectivity index (χ0) is 22.8. The molecule has 0 aromatic heterocycles. The molecule has 0 bridgehead atoms. The molecular weight excluding hydrogens is 418 g/mol. The van der Waals surface area contributed by atoms with Crippen molar-refractivity contribution in [1.29, 1.82) is 0 Å². The monoisotopic (exact) mass is 440 g/mol. The number of phenols is 2. The summed E-state index contributed by atoms with van der Waals surface area (Å²) >= 11 is 0. The molecule has 4 N–H and O–H groups in total. The van der Waals surface area contributed by atoms with E-state index in [0.717, 1.165) is 0 Å². The molecule has 0 saturated carbocycles. The van der Waals surface area contributed by atoms with Gasteiger partial charge in [-0.05, 0) is 66.9 Å². The van der Waals surface area contributed by atoms with Crippen LogP contribution in [0.1, 0.15) is 36.1 Å². The number of hydrogen-bond donors (Lipinski definition) is 4. The Bertz CT molecular complexity index is 1110. The fourth-order valence-electron chi connectivity index (χ4n) is 4.05. The maximum atomic E-state index is 13.4. The molecule has 4 rings (SSSR count). The number of aliphatic hydroxyl groups excluding tert-OH is 1. The van der Waals surface area contributed by atoms with E-state index in [2.05, 4.69) is 5.32 Å². The number of hydrogen-bond acceptors (Lipinski definition) is 4. The number of aromatic hydroxyl groups is 2. The third kappa shape index (κ3) is 4.36. The van der Waals surface area contributed by atoms with E-state index in [1.807, 2.05) is 0 Å². The number of carbonyl (C=O) groups is 1. The zero-order valence-corrected chi connectivity index (χ0v) is 17.0. The van der Waals surface area contributed by atoms with Gasteiger partial charge in [0.25, 0.3) is 0 Å². The maximum Gasteiger partial charge on any atom is 0.322 e. The topological polar surface area (TPSA) is 93.0 Å². The first-order valence-electron chi connectivity index (χ1n) is 10.1. The summed E-state index contributed by atoms with van der Waals surface area (Å²) in [5.41, 5.74) is 1.38. The van der Waals surface area contributed by atoms with Crippen LogP contribution in [0.5, 0.6) is 11.5 Å². The van der Waals surface area contributed by atoms with E-state index in [0.29, 0.717) is 23.2 Å². The quantitative estimate of drug-likeness (QED) is 0.453. The molecule has 3 atom stereocenters. The summed E-state index contributed by atoms with van der Waals surface area (Å²) in [6.07, 6.45) is -0.266. The van der Waals surface area contributed by atoms with Crippen LogP contribution in [0.4, 0.5) is 19.3 Å². The van der Waals surface area contributed by atoms with Crippen LogP contribution >= 0.6 is 0 Å². The van der Waals surface area contributed by atoms with Crippen molar-refractivity contribution in [3.63, 3.8) is 0 Å². The molecule has 1 fully saturated rings. The van der Waals surface area contributed by atoms with E-state index in [4.69, 9.17) is 0 Å². The second kappa shape index (κ2) is 8.84. The largest absolute Gasteiger partial charge is 0.508 e. The number of aliphatic hydroxyl groups is 1. The highest BCUT2D eigenvalue weighted by atomic mass is 19.1. The number of urea groups is 1. The lowest BCUT2D eigenvalue weighted by molar-refractivity contribution is 0.159. The molecular formula is C24H22F2N2O4. The van der Waals surface area contributed by atoms with Gasteiger partial charge in [0, 0.05) is 17.3 Å². The number of benzene rings is 3. The van der Waals surface area contributed by atoms with Gasteiger partial charge < -0.3 is 20.6 Å². The number of phenolic OH excluding ortho intramolecular Hbond substituents is 2. The summed E-state index contributed by atoms with van der Waals surface area (Å²) in [5, 5.41) is 33.5. The summed E-state index contributed by atoms with van der Waals surface area (Å²) in [6.45, 7) is 0. The highest BCUT2D eigenvalue weighted by molar-refractivity contribution is 5.96. The van der Waals surface area contributed by atoms with Crippen LogP contribution in [0.25, 0.3) is 0 Å². The lowest BCUT2D eigenvalue weighted by atomic mass is 9.92. The maximum absolute atomic E-state index is 13.4. The van der Waals surface area contributed by atoms with Gasteiger partial charge in [0.15, 0.2) is 0 Å². The minimum Gasteiger partial charge on any atom is -0.508 e. The number of nitrogens with one attached hydrogen (secondary N) is 1. The van der Waals surface area contributed by atoms with Crippen LogP contribution in [-0.4, -0.2) is 27.4 Å². The summed E-state index contributed by atoms with van der Waals surface area (Å²) < 4.78 is 26.6. The van der Waals surface area contributed by atoms with Gasteiger partial charge in [0.1, 0.15) is 23.1 Å². The Labute approximate surface area is 183 Å². The zero-order valence-electron chi connectivity index (χ0n) is 17.0. The van der Waals surface area contributed by atoms with Gasteiger partial charge in [0.2, 0.25) is 0 Å². The van der Waals surface area contributed by atoms with Crippen LogP contribution in [0.2, 0.25) is 0 Å². The standard InChI is InChI=1S/C24H22F2N2O4/c25-15-3-1-14(2-4-15)21(30)12-11-20-23(19-10-9-18(29)13-22(19)31)28(24(32)27-20)17-7-5-16(26)6-8-17/h1-10,13,20-21,23,29-31H,11-12H2,(H,27,32)/t20-,21?,23-/m1/s1. The summed E-state index contributed by atoms with van der Waals surface area (Å²) in [5.74, 6) is -1.17. The van der Waals surface area contributed by atoms with Gasteiger partial charge in [-0.1, -0.05) is 12.1 Å². The van der Waals surface area contributed by atoms with Gasteiger partial charge in [-0.3, -0.25) is 4.90 Å². The lowest BCUT2D eigenvalue weighted by Gasteiger charge is -2.28. The molecule has 0 radical (unpaired) electrons. The van der Waals surface area contributed by atoms with Crippen molar-refractivity contribution >= 4 is 11.7 Å². The van der Waals surface area contributed by atoms with Crippen LogP contribution in [0.15, 0.2) is 66.7 Å². The number of amides is 2. The first kappa shape index (κ1) is 21.6.